The highest BCUT2D eigenvalue weighted by Crippen LogP contribution is 2.17. The molecular weight excluding hydrogens is 326 g/mol. The number of benzene rings is 2. The van der Waals surface area contributed by atoms with E-state index in [0.717, 1.165) is 30.0 Å². The minimum atomic E-state index is -0.308. The Labute approximate surface area is 155 Å². The lowest BCUT2D eigenvalue weighted by Crippen LogP contribution is -2.30. The molecule has 0 aliphatic heterocycles. The molecule has 0 bridgehead atoms. The number of aryl methyl sites for hydroxylation is 1. The fraction of sp³-hybridized carbons (Fsp3) is 0.333. The Morgan fingerprint density at radius 3 is 2.12 bits per heavy atom. The summed E-state index contributed by atoms with van der Waals surface area (Å²) in [6, 6.07) is 14.9. The molecule has 0 unspecified atom stereocenters. The second kappa shape index (κ2) is 9.61. The maximum atomic E-state index is 12.1. The van der Waals surface area contributed by atoms with Gasteiger partial charge in [-0.3, -0.25) is 4.79 Å². The Balaban J connectivity index is 1.78. The summed E-state index contributed by atoms with van der Waals surface area (Å²) in [6.45, 7) is 8.39. The van der Waals surface area contributed by atoms with Gasteiger partial charge in [0.05, 0.1) is 0 Å². The summed E-state index contributed by atoms with van der Waals surface area (Å²) >= 11 is 0. The number of nitrogens with one attached hydrogen (secondary N) is 2. The lowest BCUT2D eigenvalue weighted by Gasteiger charge is -2.21. The Bertz CT molecular complexity index is 720. The van der Waals surface area contributed by atoms with E-state index in [1.165, 1.54) is 0 Å². The molecule has 0 fully saturated rings. The number of Topliss-reactive ketones (excluding diaryl/α,β-unsaturated/α-hetero) is 1. The van der Waals surface area contributed by atoms with Gasteiger partial charge in [-0.25, -0.2) is 4.79 Å². The number of carbonyl (C=O) groups is 2. The molecule has 0 heterocycles. The summed E-state index contributed by atoms with van der Waals surface area (Å²) in [7, 11) is 0. The lowest BCUT2D eigenvalue weighted by molar-refractivity contribution is 0.0983. The van der Waals surface area contributed by atoms with Crippen LogP contribution in [0.5, 0.6) is 0 Å². The first-order valence-electron chi connectivity index (χ1n) is 9.03. The zero-order valence-electron chi connectivity index (χ0n) is 15.7. The second-order valence-corrected chi connectivity index (χ2v) is 6.14. The zero-order chi connectivity index (χ0) is 18.9. The summed E-state index contributed by atoms with van der Waals surface area (Å²) < 4.78 is 0. The van der Waals surface area contributed by atoms with Crippen LogP contribution in [0.3, 0.4) is 0 Å². The quantitative estimate of drug-likeness (QED) is 0.698. The van der Waals surface area contributed by atoms with E-state index < -0.39 is 0 Å². The van der Waals surface area contributed by atoms with Crippen molar-refractivity contribution in [2.24, 2.45) is 0 Å². The third-order valence-electron chi connectivity index (χ3n) is 4.26. The van der Waals surface area contributed by atoms with Crippen LogP contribution < -0.4 is 15.5 Å². The van der Waals surface area contributed by atoms with E-state index in [0.29, 0.717) is 12.1 Å². The smallest absolute Gasteiger partial charge is 0.319 e. The minimum absolute atomic E-state index is 0.0221. The first kappa shape index (κ1) is 19.5. The largest absolute Gasteiger partial charge is 0.372 e. The van der Waals surface area contributed by atoms with E-state index in [4.69, 9.17) is 0 Å². The number of hydrogen-bond acceptors (Lipinski definition) is 3. The highest BCUT2D eigenvalue weighted by Gasteiger charge is 2.07. The number of carbonyl (C=O) groups excluding carboxylic acids is 2. The number of urea groups is 1. The van der Waals surface area contributed by atoms with E-state index >= 15 is 0 Å². The van der Waals surface area contributed by atoms with Crippen molar-refractivity contribution in [2.75, 3.05) is 29.9 Å². The molecule has 5 nitrogen and oxygen atoms in total. The van der Waals surface area contributed by atoms with Crippen molar-refractivity contribution in [3.05, 3.63) is 59.7 Å². The van der Waals surface area contributed by atoms with Crippen LogP contribution in [0.25, 0.3) is 0 Å². The highest BCUT2D eigenvalue weighted by molar-refractivity contribution is 5.96. The average Bonchev–Trinajstić information content (AvgIpc) is 2.64. The van der Waals surface area contributed by atoms with Gasteiger partial charge in [0.2, 0.25) is 0 Å². The maximum absolute atomic E-state index is 12.1. The van der Waals surface area contributed by atoms with Crippen molar-refractivity contribution in [2.45, 2.75) is 27.2 Å². The third kappa shape index (κ3) is 5.62. The monoisotopic (exact) mass is 353 g/mol. The van der Waals surface area contributed by atoms with Gasteiger partial charge >= 0.3 is 6.03 Å². The average molecular weight is 353 g/mol. The van der Waals surface area contributed by atoms with Crippen molar-refractivity contribution < 1.29 is 9.59 Å². The van der Waals surface area contributed by atoms with Crippen LogP contribution in [0, 0.1) is 6.92 Å². The minimum Gasteiger partial charge on any atom is -0.372 e. The van der Waals surface area contributed by atoms with Gasteiger partial charge in [-0.05, 0) is 45.0 Å². The van der Waals surface area contributed by atoms with Crippen molar-refractivity contribution >= 4 is 23.2 Å². The molecule has 138 valence electrons. The van der Waals surface area contributed by atoms with Gasteiger partial charge in [0.15, 0.2) is 5.78 Å². The van der Waals surface area contributed by atoms with Crippen molar-refractivity contribution in [3.8, 4) is 0 Å². The molecule has 2 rings (SSSR count). The number of nitrogens with zero attached hydrogens (tertiary/aromatic N) is 1. The van der Waals surface area contributed by atoms with Gasteiger partial charge in [-0.1, -0.05) is 29.8 Å². The standard InChI is InChI=1S/C21H27N3O2/c1-4-24(5-2)19-12-10-18(11-13-19)23-21(26)22-15-14-20(25)17-8-6-16(3)7-9-17/h6-13H,4-5,14-15H2,1-3H3,(H2,22,23,26). The van der Waals surface area contributed by atoms with Crippen LogP contribution in [-0.2, 0) is 0 Å². The van der Waals surface area contributed by atoms with Crippen molar-refractivity contribution in [3.63, 3.8) is 0 Å². The van der Waals surface area contributed by atoms with Crippen LogP contribution in [0.1, 0.15) is 36.2 Å². The van der Waals surface area contributed by atoms with E-state index in [9.17, 15) is 9.59 Å². The summed E-state index contributed by atoms with van der Waals surface area (Å²) in [5.74, 6) is 0.0221. The number of amides is 2. The number of rotatable bonds is 8. The van der Waals surface area contributed by atoms with E-state index in [1.807, 2.05) is 55.5 Å². The molecule has 0 aliphatic rings. The van der Waals surface area contributed by atoms with Crippen LogP contribution >= 0.6 is 0 Å². The zero-order valence-corrected chi connectivity index (χ0v) is 15.7. The van der Waals surface area contributed by atoms with Crippen LogP contribution in [0.15, 0.2) is 48.5 Å². The summed E-state index contributed by atoms with van der Waals surface area (Å²) in [5.41, 5.74) is 3.64. The van der Waals surface area contributed by atoms with E-state index in [2.05, 4.69) is 29.4 Å². The van der Waals surface area contributed by atoms with Crippen LogP contribution in [0.4, 0.5) is 16.2 Å². The molecule has 0 aliphatic carbocycles. The molecular formula is C21H27N3O2. The van der Waals surface area contributed by atoms with Gasteiger partial charge in [0, 0.05) is 43.0 Å². The fourth-order valence-electron chi connectivity index (χ4n) is 2.69. The molecule has 0 radical (unpaired) electrons. The molecule has 0 saturated heterocycles. The van der Waals surface area contributed by atoms with Gasteiger partial charge in [0.25, 0.3) is 0 Å². The molecule has 26 heavy (non-hydrogen) atoms. The van der Waals surface area contributed by atoms with Gasteiger partial charge in [0.1, 0.15) is 0 Å². The topological polar surface area (TPSA) is 61.4 Å². The third-order valence-corrected chi connectivity index (χ3v) is 4.26. The van der Waals surface area contributed by atoms with Gasteiger partial charge in [-0.15, -0.1) is 0 Å². The first-order valence-corrected chi connectivity index (χ1v) is 9.03. The van der Waals surface area contributed by atoms with Crippen molar-refractivity contribution in [1.82, 2.24) is 5.32 Å². The molecule has 2 aromatic carbocycles. The SMILES string of the molecule is CCN(CC)c1ccc(NC(=O)NCCC(=O)c2ccc(C)cc2)cc1. The van der Waals surface area contributed by atoms with Crippen molar-refractivity contribution in [1.29, 1.82) is 0 Å². The molecule has 0 aromatic heterocycles. The molecule has 2 amide bonds. The molecule has 0 spiro atoms. The molecule has 2 aromatic rings. The molecule has 0 atom stereocenters. The predicted octanol–water partition coefficient (Wildman–Crippen LogP) is 4.24. The van der Waals surface area contributed by atoms with E-state index in [-0.39, 0.29) is 18.2 Å². The molecule has 2 N–H and O–H groups in total. The molecule has 5 heteroatoms. The number of anilines is 2. The summed E-state index contributed by atoms with van der Waals surface area (Å²) in [5, 5.41) is 5.51. The van der Waals surface area contributed by atoms with Gasteiger partial charge in [-0.2, -0.15) is 0 Å². The van der Waals surface area contributed by atoms with Crippen LogP contribution in [-0.4, -0.2) is 31.4 Å². The Morgan fingerprint density at radius 2 is 1.54 bits per heavy atom. The van der Waals surface area contributed by atoms with Gasteiger partial charge < -0.3 is 15.5 Å². The normalized spacial score (nSPS) is 10.3. The molecule has 0 saturated carbocycles. The second-order valence-electron chi connectivity index (χ2n) is 6.14. The number of hydrogen-bond donors (Lipinski definition) is 2. The number of ketones is 1. The summed E-state index contributed by atoms with van der Waals surface area (Å²) in [6.07, 6.45) is 0.275. The summed E-state index contributed by atoms with van der Waals surface area (Å²) in [4.78, 5) is 26.3. The lowest BCUT2D eigenvalue weighted by atomic mass is 10.1. The Morgan fingerprint density at radius 1 is 0.923 bits per heavy atom. The van der Waals surface area contributed by atoms with E-state index in [1.54, 1.807) is 0 Å². The van der Waals surface area contributed by atoms with Crippen LogP contribution in [0.2, 0.25) is 0 Å². The fourth-order valence-corrected chi connectivity index (χ4v) is 2.69. The first-order chi connectivity index (χ1) is 12.5. The Hall–Kier alpha value is -2.82. The predicted molar refractivity (Wildman–Crippen MR) is 107 cm³/mol. The maximum Gasteiger partial charge on any atom is 0.319 e. The Kier molecular flexibility index (Phi) is 7.21. The highest BCUT2D eigenvalue weighted by atomic mass is 16.2.